The van der Waals surface area contributed by atoms with Crippen molar-refractivity contribution in [1.82, 2.24) is 0 Å². The van der Waals surface area contributed by atoms with Crippen LogP contribution < -0.4 is 0 Å². The number of hydrogen-bond acceptors (Lipinski definition) is 2. The Morgan fingerprint density at radius 3 is 1.82 bits per heavy atom. The molecule has 0 radical (unpaired) electrons. The number of furan rings is 1. The van der Waals surface area contributed by atoms with Crippen molar-refractivity contribution in [2.75, 3.05) is 0 Å². The van der Waals surface area contributed by atoms with Crippen molar-refractivity contribution in [1.29, 1.82) is 0 Å². The lowest BCUT2D eigenvalue weighted by Gasteiger charge is -1.62. The normalized spacial score (nSPS) is 12.9. The van der Waals surface area contributed by atoms with Crippen molar-refractivity contribution in [3.05, 3.63) is 24.7 Å². The Bertz CT molecular complexity index is 231. The first-order valence-electron chi connectivity index (χ1n) is 2.97. The van der Waals surface area contributed by atoms with E-state index in [9.17, 15) is 4.79 Å². The third-order valence-electron chi connectivity index (χ3n) is 0.862. The van der Waals surface area contributed by atoms with Gasteiger partial charge in [-0.05, 0) is 12.1 Å². The molecule has 0 aromatic carbocycles. The van der Waals surface area contributed by atoms with Crippen molar-refractivity contribution in [2.24, 2.45) is 9.98 Å². The van der Waals surface area contributed by atoms with Crippen LogP contribution in [0.15, 0.2) is 39.1 Å². The summed E-state index contributed by atoms with van der Waals surface area (Å²) < 4.78 is 4.58. The van der Waals surface area contributed by atoms with Gasteiger partial charge in [0.2, 0.25) is 0 Å². The summed E-state index contributed by atoms with van der Waals surface area (Å²) in [4.78, 5) is 16.3. The molecule has 0 aliphatic carbocycles. The maximum Gasteiger partial charge on any atom is 0.367 e. The highest BCUT2D eigenvalue weighted by molar-refractivity contribution is 6.25. The van der Waals surface area contributed by atoms with E-state index in [2.05, 4.69) is 14.4 Å². The first kappa shape index (κ1) is 7.40. The molecule has 0 bridgehead atoms. The second-order valence-corrected chi connectivity index (χ2v) is 1.63. The number of amides is 2. The third-order valence-corrected chi connectivity index (χ3v) is 0.862. The number of hydrogen-bond donors (Lipinski definition) is 0. The highest BCUT2D eigenvalue weighted by Crippen LogP contribution is 1.81. The second kappa shape index (κ2) is 4.16. The Balaban J connectivity index is 0.000000112. The zero-order valence-corrected chi connectivity index (χ0v) is 5.68. The van der Waals surface area contributed by atoms with Crippen LogP contribution in [0.5, 0.6) is 0 Å². The lowest BCUT2D eigenvalue weighted by atomic mass is 10.7. The molecule has 2 heterocycles. The van der Waals surface area contributed by atoms with Crippen LogP contribution in [0, 0.1) is 0 Å². The zero-order chi connectivity index (χ0) is 7.94. The van der Waals surface area contributed by atoms with E-state index in [0.717, 1.165) is 0 Å². The van der Waals surface area contributed by atoms with Gasteiger partial charge < -0.3 is 4.42 Å². The van der Waals surface area contributed by atoms with Crippen LogP contribution >= 0.6 is 0 Å². The molecule has 11 heavy (non-hydrogen) atoms. The fourth-order valence-electron chi connectivity index (χ4n) is 0.454. The van der Waals surface area contributed by atoms with E-state index < -0.39 is 6.03 Å². The summed E-state index contributed by atoms with van der Waals surface area (Å²) in [6.07, 6.45) is 5.98. The molecule has 1 aromatic rings. The van der Waals surface area contributed by atoms with Crippen molar-refractivity contribution >= 4 is 18.5 Å². The quantitative estimate of drug-likeness (QED) is 0.563. The Morgan fingerprint density at radius 1 is 1.09 bits per heavy atom. The Labute approximate surface area is 63.3 Å². The molecule has 1 aliphatic rings. The fourth-order valence-corrected chi connectivity index (χ4v) is 0.454. The number of carbonyl (C=O) groups is 1. The summed E-state index contributed by atoms with van der Waals surface area (Å²) in [5.74, 6) is 0. The monoisotopic (exact) mass is 150 g/mol. The molecule has 2 amide bonds. The van der Waals surface area contributed by atoms with E-state index in [1.807, 2.05) is 12.1 Å². The average Bonchev–Trinajstić information content (AvgIpc) is 2.57. The molecule has 2 rings (SSSR count). The number of nitrogens with zero attached hydrogens (tertiary/aromatic N) is 2. The van der Waals surface area contributed by atoms with Crippen LogP contribution in [-0.2, 0) is 0 Å². The largest absolute Gasteiger partial charge is 0.473 e. The molecule has 56 valence electrons. The predicted octanol–water partition coefficient (Wildman–Crippen LogP) is 1.54. The van der Waals surface area contributed by atoms with Gasteiger partial charge in [-0.2, -0.15) is 9.98 Å². The molecule has 0 unspecified atom stereocenters. The van der Waals surface area contributed by atoms with Crippen molar-refractivity contribution in [2.45, 2.75) is 0 Å². The molecule has 0 saturated carbocycles. The number of rotatable bonds is 0. The lowest BCUT2D eigenvalue weighted by Crippen LogP contribution is -1.70. The van der Waals surface area contributed by atoms with Gasteiger partial charge >= 0.3 is 6.03 Å². The van der Waals surface area contributed by atoms with E-state index >= 15 is 0 Å². The molecule has 0 N–H and O–H groups in total. The molecule has 4 heteroatoms. The van der Waals surface area contributed by atoms with E-state index in [0.29, 0.717) is 0 Å². The third kappa shape index (κ3) is 3.10. The first-order chi connectivity index (χ1) is 5.39. The minimum Gasteiger partial charge on any atom is -0.473 e. The molecule has 0 saturated heterocycles. The molecule has 0 atom stereocenters. The van der Waals surface area contributed by atoms with Gasteiger partial charge in [-0.1, -0.05) is 0 Å². The maximum absolute atomic E-state index is 9.85. The lowest BCUT2D eigenvalue weighted by molar-refractivity contribution is 0.257. The summed E-state index contributed by atoms with van der Waals surface area (Å²) in [5, 5.41) is 0. The van der Waals surface area contributed by atoms with Crippen LogP contribution in [0.1, 0.15) is 0 Å². The molecule has 1 aromatic heterocycles. The summed E-state index contributed by atoms with van der Waals surface area (Å²) in [6, 6.07) is 3.26. The van der Waals surface area contributed by atoms with Crippen LogP contribution in [-0.4, -0.2) is 18.5 Å². The Kier molecular flexibility index (Phi) is 2.80. The highest BCUT2D eigenvalue weighted by atomic mass is 16.3. The van der Waals surface area contributed by atoms with Gasteiger partial charge in [-0.15, -0.1) is 0 Å². The van der Waals surface area contributed by atoms with E-state index in [1.165, 1.54) is 12.4 Å². The summed E-state index contributed by atoms with van der Waals surface area (Å²) in [6.45, 7) is 0. The van der Waals surface area contributed by atoms with Gasteiger partial charge in [-0.3, -0.25) is 0 Å². The molecule has 0 spiro atoms. The smallest absolute Gasteiger partial charge is 0.367 e. The van der Waals surface area contributed by atoms with Gasteiger partial charge in [0.15, 0.2) is 0 Å². The highest BCUT2D eigenvalue weighted by Gasteiger charge is 1.91. The summed E-state index contributed by atoms with van der Waals surface area (Å²) in [5.41, 5.74) is 0. The van der Waals surface area contributed by atoms with Crippen molar-refractivity contribution in [3.8, 4) is 0 Å². The van der Waals surface area contributed by atoms with Gasteiger partial charge in [0.1, 0.15) is 0 Å². The predicted molar refractivity (Wildman–Crippen MR) is 41.1 cm³/mol. The fraction of sp³-hybridized carbons (Fsp3) is 0. The topological polar surface area (TPSA) is 54.9 Å². The molecule has 0 fully saturated rings. The van der Waals surface area contributed by atoms with Crippen molar-refractivity contribution in [3.63, 3.8) is 0 Å². The number of urea groups is 1. The molecular formula is C7H6N2O2. The summed E-state index contributed by atoms with van der Waals surface area (Å²) >= 11 is 0. The maximum atomic E-state index is 9.85. The number of aliphatic imine (C=N–C) groups is 2. The minimum absolute atomic E-state index is 0.407. The van der Waals surface area contributed by atoms with Crippen LogP contribution in [0.2, 0.25) is 0 Å². The number of carbonyl (C=O) groups excluding carboxylic acids is 1. The summed E-state index contributed by atoms with van der Waals surface area (Å²) in [7, 11) is 0. The van der Waals surface area contributed by atoms with E-state index in [-0.39, 0.29) is 0 Å². The standard InChI is InChI=1S/C4H4O.C3H2N2O/c1-2-4-5-3-1;6-3-4-1-2-5-3/h1-4H;1-2H. The SMILES string of the molecule is O=C1N=CC=N1.c1ccoc1. The van der Waals surface area contributed by atoms with Crippen LogP contribution in [0.4, 0.5) is 4.79 Å². The second-order valence-electron chi connectivity index (χ2n) is 1.63. The van der Waals surface area contributed by atoms with Gasteiger partial charge in [0, 0.05) is 0 Å². The van der Waals surface area contributed by atoms with Gasteiger partial charge in [0.05, 0.1) is 25.0 Å². The van der Waals surface area contributed by atoms with E-state index in [4.69, 9.17) is 0 Å². The Hall–Kier alpha value is -1.71. The average molecular weight is 150 g/mol. The van der Waals surface area contributed by atoms with Gasteiger partial charge in [0.25, 0.3) is 0 Å². The van der Waals surface area contributed by atoms with Crippen LogP contribution in [0.25, 0.3) is 0 Å². The first-order valence-corrected chi connectivity index (χ1v) is 2.97. The van der Waals surface area contributed by atoms with Crippen LogP contribution in [0.3, 0.4) is 0 Å². The van der Waals surface area contributed by atoms with Crippen molar-refractivity contribution < 1.29 is 9.21 Å². The van der Waals surface area contributed by atoms with E-state index in [1.54, 1.807) is 12.5 Å². The molecular weight excluding hydrogens is 144 g/mol. The Morgan fingerprint density at radius 2 is 1.64 bits per heavy atom. The minimum atomic E-state index is -0.407. The zero-order valence-electron chi connectivity index (χ0n) is 5.68. The molecule has 4 nitrogen and oxygen atoms in total. The molecule has 1 aliphatic heterocycles. The van der Waals surface area contributed by atoms with Gasteiger partial charge in [-0.25, -0.2) is 4.79 Å².